The van der Waals surface area contributed by atoms with Crippen LogP contribution in [0.15, 0.2) is 36.4 Å². The summed E-state index contributed by atoms with van der Waals surface area (Å²) in [6.45, 7) is 0.980. The third-order valence-electron chi connectivity index (χ3n) is 5.09. The van der Waals surface area contributed by atoms with Gasteiger partial charge >= 0.3 is 0 Å². The van der Waals surface area contributed by atoms with E-state index in [2.05, 4.69) is 0 Å². The van der Waals surface area contributed by atoms with Crippen LogP contribution in [-0.4, -0.2) is 35.8 Å². The standard InChI is InChI=1S/C22H21F2NO4/c23-16-3-1-15(18(24)12-16)13-25(17-4-5-17)22(27)8-6-19(26)14-2-7-20-21(11-14)29-10-9-28-20/h1-3,7,11-12,17H,4-6,8-10,13H2. The number of Topliss-reactive ketones (excluding diaryl/α,β-unsaturated/α-hetero) is 1. The molecule has 152 valence electrons. The fourth-order valence-corrected chi connectivity index (χ4v) is 3.37. The van der Waals surface area contributed by atoms with Gasteiger partial charge in [-0.3, -0.25) is 9.59 Å². The zero-order chi connectivity index (χ0) is 20.4. The zero-order valence-corrected chi connectivity index (χ0v) is 15.8. The van der Waals surface area contributed by atoms with E-state index in [9.17, 15) is 18.4 Å². The molecule has 0 N–H and O–H groups in total. The van der Waals surface area contributed by atoms with E-state index in [0.717, 1.165) is 18.9 Å². The second kappa shape index (κ2) is 8.19. The highest BCUT2D eigenvalue weighted by atomic mass is 19.1. The second-order valence-electron chi connectivity index (χ2n) is 7.27. The third kappa shape index (κ3) is 4.55. The van der Waals surface area contributed by atoms with Crippen LogP contribution in [0.1, 0.15) is 41.6 Å². The van der Waals surface area contributed by atoms with Crippen molar-refractivity contribution in [3.8, 4) is 11.5 Å². The number of benzene rings is 2. The Morgan fingerprint density at radius 1 is 0.966 bits per heavy atom. The molecule has 1 aliphatic heterocycles. The Bertz CT molecular complexity index is 942. The van der Waals surface area contributed by atoms with Crippen molar-refractivity contribution in [1.29, 1.82) is 0 Å². The number of carbonyl (C=O) groups excluding carboxylic acids is 2. The number of ketones is 1. The number of hydrogen-bond acceptors (Lipinski definition) is 4. The molecule has 0 bridgehead atoms. The number of fused-ring (bicyclic) bond motifs is 1. The SMILES string of the molecule is O=C(CCC(=O)N(Cc1ccc(F)cc1F)C1CC1)c1ccc2c(c1)OCCO2. The van der Waals surface area contributed by atoms with Crippen LogP contribution in [0.2, 0.25) is 0 Å². The van der Waals surface area contributed by atoms with Crippen LogP contribution < -0.4 is 9.47 Å². The first-order valence-electron chi connectivity index (χ1n) is 9.67. The van der Waals surface area contributed by atoms with Crippen LogP contribution in [0.3, 0.4) is 0 Å². The summed E-state index contributed by atoms with van der Waals surface area (Å²) < 4.78 is 38.0. The van der Waals surface area contributed by atoms with Crippen molar-refractivity contribution >= 4 is 11.7 Å². The van der Waals surface area contributed by atoms with E-state index in [1.165, 1.54) is 12.1 Å². The van der Waals surface area contributed by atoms with E-state index in [-0.39, 0.29) is 42.7 Å². The van der Waals surface area contributed by atoms with Gasteiger partial charge in [-0.2, -0.15) is 0 Å². The van der Waals surface area contributed by atoms with Crippen molar-refractivity contribution in [2.45, 2.75) is 38.3 Å². The number of rotatable bonds is 7. The molecule has 7 heteroatoms. The van der Waals surface area contributed by atoms with E-state index in [4.69, 9.17) is 9.47 Å². The molecule has 0 radical (unpaired) electrons. The number of carbonyl (C=O) groups is 2. The summed E-state index contributed by atoms with van der Waals surface area (Å²) >= 11 is 0. The first kappa shape index (κ1) is 19.4. The summed E-state index contributed by atoms with van der Waals surface area (Å²) in [4.78, 5) is 26.8. The molecular formula is C22H21F2NO4. The summed E-state index contributed by atoms with van der Waals surface area (Å²) in [6.07, 6.45) is 1.79. The molecule has 0 aromatic heterocycles. The number of hydrogen-bond donors (Lipinski definition) is 0. The van der Waals surface area contributed by atoms with Crippen LogP contribution in [0.25, 0.3) is 0 Å². The maximum absolute atomic E-state index is 14.0. The van der Waals surface area contributed by atoms with Gasteiger partial charge in [0, 0.05) is 42.6 Å². The summed E-state index contributed by atoms with van der Waals surface area (Å²) in [5.74, 6) is -0.567. The summed E-state index contributed by atoms with van der Waals surface area (Å²) in [5.41, 5.74) is 0.731. The Balaban J connectivity index is 1.39. The van der Waals surface area contributed by atoms with E-state index in [0.29, 0.717) is 30.3 Å². The maximum Gasteiger partial charge on any atom is 0.223 e. The highest BCUT2D eigenvalue weighted by molar-refractivity contribution is 5.98. The number of ether oxygens (including phenoxy) is 2. The lowest BCUT2D eigenvalue weighted by Gasteiger charge is -2.23. The van der Waals surface area contributed by atoms with Gasteiger partial charge in [0.25, 0.3) is 0 Å². The van der Waals surface area contributed by atoms with Gasteiger partial charge in [-0.25, -0.2) is 8.78 Å². The summed E-state index contributed by atoms with van der Waals surface area (Å²) in [7, 11) is 0. The van der Waals surface area contributed by atoms with Gasteiger partial charge in [-0.15, -0.1) is 0 Å². The molecule has 4 rings (SSSR count). The molecule has 2 aromatic rings. The van der Waals surface area contributed by atoms with Gasteiger partial charge in [0.2, 0.25) is 5.91 Å². The van der Waals surface area contributed by atoms with E-state index < -0.39 is 11.6 Å². The molecule has 0 unspecified atom stereocenters. The number of nitrogens with zero attached hydrogens (tertiary/aromatic N) is 1. The van der Waals surface area contributed by atoms with Gasteiger partial charge in [0.15, 0.2) is 17.3 Å². The van der Waals surface area contributed by atoms with Crippen molar-refractivity contribution in [3.05, 3.63) is 59.2 Å². The molecule has 1 fully saturated rings. The normalized spacial score (nSPS) is 15.1. The molecule has 1 saturated carbocycles. The molecule has 0 spiro atoms. The zero-order valence-electron chi connectivity index (χ0n) is 15.8. The minimum atomic E-state index is -0.671. The molecule has 2 aliphatic rings. The second-order valence-corrected chi connectivity index (χ2v) is 7.27. The van der Waals surface area contributed by atoms with Gasteiger partial charge < -0.3 is 14.4 Å². The van der Waals surface area contributed by atoms with Gasteiger partial charge in [-0.05, 0) is 37.1 Å². The van der Waals surface area contributed by atoms with Gasteiger partial charge in [-0.1, -0.05) is 6.07 Å². The quantitative estimate of drug-likeness (QED) is 0.661. The van der Waals surface area contributed by atoms with Gasteiger partial charge in [0.05, 0.1) is 0 Å². The van der Waals surface area contributed by atoms with Crippen molar-refractivity contribution in [3.63, 3.8) is 0 Å². The minimum Gasteiger partial charge on any atom is -0.486 e. The first-order valence-corrected chi connectivity index (χ1v) is 9.67. The largest absolute Gasteiger partial charge is 0.486 e. The van der Waals surface area contributed by atoms with E-state index >= 15 is 0 Å². The Hall–Kier alpha value is -2.96. The maximum atomic E-state index is 14.0. The van der Waals surface area contributed by atoms with Crippen molar-refractivity contribution < 1.29 is 27.8 Å². The number of halogens is 2. The Morgan fingerprint density at radius 2 is 1.72 bits per heavy atom. The molecule has 5 nitrogen and oxygen atoms in total. The molecule has 0 saturated heterocycles. The molecule has 1 amide bonds. The average molecular weight is 401 g/mol. The van der Waals surface area contributed by atoms with Crippen molar-refractivity contribution in [2.24, 2.45) is 0 Å². The molecule has 1 aliphatic carbocycles. The lowest BCUT2D eigenvalue weighted by atomic mass is 10.0. The smallest absolute Gasteiger partial charge is 0.223 e. The predicted octanol–water partition coefficient (Wildman–Crippen LogP) is 3.89. The minimum absolute atomic E-state index is 0.0343. The Kier molecular flexibility index (Phi) is 5.47. The van der Waals surface area contributed by atoms with Crippen LogP contribution >= 0.6 is 0 Å². The van der Waals surface area contributed by atoms with Crippen molar-refractivity contribution in [1.82, 2.24) is 4.90 Å². The fraction of sp³-hybridized carbons (Fsp3) is 0.364. The highest BCUT2D eigenvalue weighted by Gasteiger charge is 2.33. The van der Waals surface area contributed by atoms with Crippen LogP contribution in [0, 0.1) is 11.6 Å². The van der Waals surface area contributed by atoms with Crippen LogP contribution in [-0.2, 0) is 11.3 Å². The van der Waals surface area contributed by atoms with Crippen molar-refractivity contribution in [2.75, 3.05) is 13.2 Å². The Labute approximate surface area is 167 Å². The number of amides is 1. The van der Waals surface area contributed by atoms with Gasteiger partial charge in [0.1, 0.15) is 24.8 Å². The fourth-order valence-electron chi connectivity index (χ4n) is 3.37. The molecule has 29 heavy (non-hydrogen) atoms. The van der Waals surface area contributed by atoms with E-state index in [1.807, 2.05) is 0 Å². The van der Waals surface area contributed by atoms with Crippen LogP contribution in [0.5, 0.6) is 11.5 Å². The predicted molar refractivity (Wildman–Crippen MR) is 101 cm³/mol. The third-order valence-corrected chi connectivity index (χ3v) is 5.09. The monoisotopic (exact) mass is 401 g/mol. The van der Waals surface area contributed by atoms with Crippen LogP contribution in [0.4, 0.5) is 8.78 Å². The van der Waals surface area contributed by atoms with E-state index in [1.54, 1.807) is 23.1 Å². The molecular weight excluding hydrogens is 380 g/mol. The molecule has 1 heterocycles. The lowest BCUT2D eigenvalue weighted by Crippen LogP contribution is -2.33. The molecule has 0 atom stereocenters. The first-order chi connectivity index (χ1) is 14.0. The highest BCUT2D eigenvalue weighted by Crippen LogP contribution is 2.32. The topological polar surface area (TPSA) is 55.8 Å². The average Bonchev–Trinajstić information content (AvgIpc) is 3.56. The summed E-state index contributed by atoms with van der Waals surface area (Å²) in [5, 5.41) is 0. The molecule has 2 aromatic carbocycles. The Morgan fingerprint density at radius 3 is 2.45 bits per heavy atom. The lowest BCUT2D eigenvalue weighted by molar-refractivity contribution is -0.132. The summed E-state index contributed by atoms with van der Waals surface area (Å²) in [6, 6.07) is 8.39.